The quantitative estimate of drug-likeness (QED) is 0.595. The topological polar surface area (TPSA) is 40.5 Å². The molecule has 0 radical (unpaired) electrons. The van der Waals surface area contributed by atoms with Gasteiger partial charge < -0.3 is 10.2 Å². The van der Waals surface area contributed by atoms with Crippen molar-refractivity contribution in [1.82, 2.24) is 0 Å². The minimum absolute atomic E-state index is 0.140. The molecule has 0 aliphatic carbocycles. The molecular formula is C23H32O2. The third kappa shape index (κ3) is 5.26. The van der Waals surface area contributed by atoms with Crippen molar-refractivity contribution < 1.29 is 10.2 Å². The van der Waals surface area contributed by atoms with Gasteiger partial charge in [0.05, 0.1) is 0 Å². The van der Waals surface area contributed by atoms with Crippen LogP contribution in [0.4, 0.5) is 0 Å². The number of hydrogen-bond donors (Lipinski definition) is 2. The molecule has 0 fully saturated rings. The summed E-state index contributed by atoms with van der Waals surface area (Å²) in [7, 11) is 0. The van der Waals surface area contributed by atoms with Crippen LogP contribution in [0.1, 0.15) is 64.5 Å². The largest absolute Gasteiger partial charge is 0.508 e. The summed E-state index contributed by atoms with van der Waals surface area (Å²) in [4.78, 5) is 0. The van der Waals surface area contributed by atoms with Crippen molar-refractivity contribution in [2.75, 3.05) is 0 Å². The highest BCUT2D eigenvalue weighted by Crippen LogP contribution is 2.40. The van der Waals surface area contributed by atoms with Gasteiger partial charge in [-0.05, 0) is 53.6 Å². The van der Waals surface area contributed by atoms with Crippen LogP contribution in [0.25, 0.3) is 0 Å². The summed E-state index contributed by atoms with van der Waals surface area (Å²) in [6, 6.07) is 15.1. The highest BCUT2D eigenvalue weighted by molar-refractivity contribution is 5.42. The van der Waals surface area contributed by atoms with Crippen molar-refractivity contribution in [3.8, 4) is 11.5 Å². The molecule has 0 aliphatic heterocycles. The minimum atomic E-state index is -0.140. The van der Waals surface area contributed by atoms with Crippen LogP contribution in [0.5, 0.6) is 11.5 Å². The Hall–Kier alpha value is -1.96. The summed E-state index contributed by atoms with van der Waals surface area (Å²) < 4.78 is 0. The summed E-state index contributed by atoms with van der Waals surface area (Å²) in [5.74, 6) is 1.95. The highest BCUT2D eigenvalue weighted by Gasteiger charge is 2.30. The van der Waals surface area contributed by atoms with Gasteiger partial charge in [0, 0.05) is 5.41 Å². The van der Waals surface area contributed by atoms with Crippen LogP contribution in [-0.2, 0) is 5.41 Å². The van der Waals surface area contributed by atoms with E-state index < -0.39 is 0 Å². The highest BCUT2D eigenvalue weighted by atomic mass is 16.3. The van der Waals surface area contributed by atoms with E-state index in [-0.39, 0.29) is 5.41 Å². The van der Waals surface area contributed by atoms with E-state index in [2.05, 4.69) is 27.7 Å². The first-order chi connectivity index (χ1) is 11.8. The summed E-state index contributed by atoms with van der Waals surface area (Å²) in [5, 5.41) is 19.3. The maximum atomic E-state index is 9.65. The number of phenolic OH excluding ortho intramolecular Hbond substituents is 2. The van der Waals surface area contributed by atoms with Crippen LogP contribution in [-0.4, -0.2) is 10.2 Å². The predicted molar refractivity (Wildman–Crippen MR) is 105 cm³/mol. The number of rotatable bonds is 8. The van der Waals surface area contributed by atoms with Crippen molar-refractivity contribution in [2.24, 2.45) is 11.8 Å². The molecule has 2 aromatic rings. The van der Waals surface area contributed by atoms with E-state index in [0.717, 1.165) is 12.3 Å². The Labute approximate surface area is 152 Å². The van der Waals surface area contributed by atoms with Gasteiger partial charge in [-0.1, -0.05) is 71.2 Å². The number of hydrogen-bond acceptors (Lipinski definition) is 2. The van der Waals surface area contributed by atoms with Gasteiger partial charge in [-0.2, -0.15) is 0 Å². The Morgan fingerprint density at radius 3 is 1.60 bits per heavy atom. The van der Waals surface area contributed by atoms with Gasteiger partial charge in [-0.3, -0.25) is 0 Å². The van der Waals surface area contributed by atoms with Crippen molar-refractivity contribution >= 4 is 0 Å². The molecule has 0 aliphatic rings. The van der Waals surface area contributed by atoms with Crippen molar-refractivity contribution in [1.29, 1.82) is 0 Å². The average Bonchev–Trinajstić information content (AvgIpc) is 2.55. The van der Waals surface area contributed by atoms with Crippen molar-refractivity contribution in [2.45, 2.75) is 58.8 Å². The fourth-order valence-corrected chi connectivity index (χ4v) is 3.73. The van der Waals surface area contributed by atoms with E-state index >= 15 is 0 Å². The molecule has 136 valence electrons. The Kier molecular flexibility index (Phi) is 6.52. The predicted octanol–water partition coefficient (Wildman–Crippen LogP) is 6.26. The summed E-state index contributed by atoms with van der Waals surface area (Å²) in [6.45, 7) is 9.16. The maximum Gasteiger partial charge on any atom is 0.115 e. The smallest absolute Gasteiger partial charge is 0.115 e. The second-order valence-corrected chi connectivity index (χ2v) is 8.06. The SMILES string of the molecule is CC(C)CCCC(C)CC(C)(c1ccc(O)cc1)c1ccc(O)cc1. The van der Waals surface area contributed by atoms with Gasteiger partial charge in [-0.15, -0.1) is 0 Å². The standard InChI is InChI=1S/C23H32O2/c1-17(2)6-5-7-18(3)16-23(4,19-8-12-21(24)13-9-19)20-10-14-22(25)15-11-20/h8-15,17-18,24-25H,5-7,16H2,1-4H3. The molecule has 25 heavy (non-hydrogen) atoms. The third-order valence-electron chi connectivity index (χ3n) is 5.24. The van der Waals surface area contributed by atoms with Gasteiger partial charge in [0.2, 0.25) is 0 Å². The number of benzene rings is 2. The minimum Gasteiger partial charge on any atom is -0.508 e. The molecular weight excluding hydrogens is 308 g/mol. The van der Waals surface area contributed by atoms with E-state index in [0.29, 0.717) is 17.4 Å². The molecule has 2 nitrogen and oxygen atoms in total. The van der Waals surface area contributed by atoms with Gasteiger partial charge in [0.1, 0.15) is 11.5 Å². The molecule has 0 aromatic heterocycles. The van der Waals surface area contributed by atoms with Crippen LogP contribution in [0.3, 0.4) is 0 Å². The lowest BCUT2D eigenvalue weighted by Crippen LogP contribution is -2.26. The lowest BCUT2D eigenvalue weighted by atomic mass is 9.70. The molecule has 2 rings (SSSR count). The molecule has 2 N–H and O–H groups in total. The number of aromatic hydroxyl groups is 2. The van der Waals surface area contributed by atoms with Gasteiger partial charge >= 0.3 is 0 Å². The molecule has 1 unspecified atom stereocenters. The second kappa shape index (κ2) is 8.42. The summed E-state index contributed by atoms with van der Waals surface area (Å²) in [5.41, 5.74) is 2.26. The first-order valence-electron chi connectivity index (χ1n) is 9.40. The molecule has 2 heteroatoms. The van der Waals surface area contributed by atoms with Crippen LogP contribution >= 0.6 is 0 Å². The van der Waals surface area contributed by atoms with Gasteiger partial charge in [0.25, 0.3) is 0 Å². The molecule has 1 atom stereocenters. The normalized spacial score (nSPS) is 13.2. The molecule has 0 saturated heterocycles. The van der Waals surface area contributed by atoms with E-state index in [9.17, 15) is 10.2 Å². The third-order valence-corrected chi connectivity index (χ3v) is 5.24. The monoisotopic (exact) mass is 340 g/mol. The Morgan fingerprint density at radius 1 is 0.760 bits per heavy atom. The van der Waals surface area contributed by atoms with Gasteiger partial charge in [0.15, 0.2) is 0 Å². The Balaban J connectivity index is 2.25. The molecule has 0 spiro atoms. The first-order valence-corrected chi connectivity index (χ1v) is 9.40. The van der Waals surface area contributed by atoms with Crippen LogP contribution in [0.2, 0.25) is 0 Å². The van der Waals surface area contributed by atoms with Gasteiger partial charge in [-0.25, -0.2) is 0 Å². The number of phenols is 2. The zero-order valence-electron chi connectivity index (χ0n) is 16.0. The summed E-state index contributed by atoms with van der Waals surface area (Å²) in [6.07, 6.45) is 4.81. The van der Waals surface area contributed by atoms with Crippen LogP contribution in [0, 0.1) is 11.8 Å². The van der Waals surface area contributed by atoms with Crippen molar-refractivity contribution in [3.63, 3.8) is 0 Å². The zero-order chi connectivity index (χ0) is 18.4. The molecule has 0 saturated carbocycles. The van der Waals surface area contributed by atoms with E-state index in [1.165, 1.54) is 30.4 Å². The molecule has 2 aromatic carbocycles. The van der Waals surface area contributed by atoms with E-state index in [1.54, 1.807) is 24.3 Å². The maximum absolute atomic E-state index is 9.65. The first kappa shape index (κ1) is 19.4. The van der Waals surface area contributed by atoms with Crippen molar-refractivity contribution in [3.05, 3.63) is 59.7 Å². The lowest BCUT2D eigenvalue weighted by Gasteiger charge is -2.34. The lowest BCUT2D eigenvalue weighted by molar-refractivity contribution is 0.365. The fourth-order valence-electron chi connectivity index (χ4n) is 3.73. The second-order valence-electron chi connectivity index (χ2n) is 8.06. The van der Waals surface area contributed by atoms with E-state index in [4.69, 9.17) is 0 Å². The summed E-state index contributed by atoms with van der Waals surface area (Å²) >= 11 is 0. The molecule has 0 amide bonds. The Morgan fingerprint density at radius 2 is 1.20 bits per heavy atom. The fraction of sp³-hybridized carbons (Fsp3) is 0.478. The molecule has 0 bridgehead atoms. The Bertz CT molecular complexity index is 595. The van der Waals surface area contributed by atoms with Crippen LogP contribution < -0.4 is 0 Å². The molecule has 0 heterocycles. The van der Waals surface area contributed by atoms with E-state index in [1.807, 2.05) is 24.3 Å². The zero-order valence-corrected chi connectivity index (χ0v) is 16.0. The average molecular weight is 341 g/mol. The van der Waals surface area contributed by atoms with Crippen LogP contribution in [0.15, 0.2) is 48.5 Å².